The zero-order valence-corrected chi connectivity index (χ0v) is 13.9. The van der Waals surface area contributed by atoms with E-state index < -0.39 is 5.97 Å². The highest BCUT2D eigenvalue weighted by Gasteiger charge is 2.06. The van der Waals surface area contributed by atoms with Gasteiger partial charge in [0.2, 0.25) is 0 Å². The van der Waals surface area contributed by atoms with Crippen LogP contribution < -0.4 is 4.74 Å². The van der Waals surface area contributed by atoms with Crippen LogP contribution in [0.3, 0.4) is 0 Å². The Hall–Kier alpha value is -1.55. The van der Waals surface area contributed by atoms with E-state index in [9.17, 15) is 9.59 Å². The van der Waals surface area contributed by atoms with E-state index in [1.165, 1.54) is 56.4 Å². The summed E-state index contributed by atoms with van der Waals surface area (Å²) in [5.74, 6) is -0.851. The number of aromatic carboxylic acids is 1. The van der Waals surface area contributed by atoms with Crippen LogP contribution >= 0.6 is 12.4 Å². The fraction of sp³-hybridized carbons (Fsp3) is 0.529. The summed E-state index contributed by atoms with van der Waals surface area (Å²) < 4.78 is 5.16. The molecule has 1 aromatic rings. The van der Waals surface area contributed by atoms with Crippen molar-refractivity contribution in [3.8, 4) is 5.75 Å². The molecule has 0 aliphatic heterocycles. The predicted octanol–water partition coefficient (Wildman–Crippen LogP) is 4.85. The molecule has 1 aromatic carbocycles. The highest BCUT2D eigenvalue weighted by Crippen LogP contribution is 2.14. The summed E-state index contributed by atoms with van der Waals surface area (Å²) in [6, 6.07) is 5.87. The van der Waals surface area contributed by atoms with Gasteiger partial charge in [-0.15, -0.1) is 12.4 Å². The van der Waals surface area contributed by atoms with Crippen LogP contribution in [0, 0.1) is 0 Å². The van der Waals surface area contributed by atoms with Crippen molar-refractivity contribution in [1.29, 1.82) is 0 Å². The molecule has 0 heterocycles. The quantitative estimate of drug-likeness (QED) is 0.379. The van der Waals surface area contributed by atoms with Gasteiger partial charge in [0.15, 0.2) is 0 Å². The molecule has 0 amide bonds. The molecule has 0 aliphatic carbocycles. The summed E-state index contributed by atoms with van der Waals surface area (Å²) >= 11 is 0. The van der Waals surface area contributed by atoms with Crippen molar-refractivity contribution < 1.29 is 19.4 Å². The monoisotopic (exact) mass is 328 g/mol. The molecule has 0 saturated heterocycles. The number of ether oxygens (including phenoxy) is 1. The minimum absolute atomic E-state index is 0. The Morgan fingerprint density at radius 3 is 2.05 bits per heavy atom. The molecule has 22 heavy (non-hydrogen) atoms. The van der Waals surface area contributed by atoms with Gasteiger partial charge in [0.25, 0.3) is 0 Å². The van der Waals surface area contributed by atoms with Crippen LogP contribution in [0.15, 0.2) is 24.3 Å². The molecule has 124 valence electrons. The zero-order valence-electron chi connectivity index (χ0n) is 13.0. The van der Waals surface area contributed by atoms with Gasteiger partial charge in [0.1, 0.15) is 5.75 Å². The lowest BCUT2D eigenvalue weighted by Crippen LogP contribution is -2.07. The summed E-state index contributed by atoms with van der Waals surface area (Å²) in [6.07, 6.45) is 8.52. The summed E-state index contributed by atoms with van der Waals surface area (Å²) in [5, 5.41) is 8.77. The standard InChI is InChI=1S/C17H24O4.ClH/c1-2-3-4-5-6-7-8-9-16(18)21-15-12-10-14(11-13-15)17(19)20;/h10-13H,2-9H2,1H3,(H,19,20);1H. The van der Waals surface area contributed by atoms with Gasteiger partial charge in [-0.2, -0.15) is 0 Å². The maximum absolute atomic E-state index is 11.6. The molecule has 0 radical (unpaired) electrons. The molecule has 0 aromatic heterocycles. The molecule has 0 bridgehead atoms. The average molecular weight is 329 g/mol. The second-order valence-electron chi connectivity index (χ2n) is 5.17. The van der Waals surface area contributed by atoms with Gasteiger partial charge in [-0.25, -0.2) is 4.79 Å². The highest BCUT2D eigenvalue weighted by atomic mass is 35.5. The van der Waals surface area contributed by atoms with Crippen molar-refractivity contribution in [1.82, 2.24) is 0 Å². The Morgan fingerprint density at radius 1 is 0.955 bits per heavy atom. The molecule has 0 unspecified atom stereocenters. The number of halogens is 1. The summed E-state index contributed by atoms with van der Waals surface area (Å²) in [7, 11) is 0. The maximum Gasteiger partial charge on any atom is 0.335 e. The van der Waals surface area contributed by atoms with E-state index in [2.05, 4.69) is 6.92 Å². The van der Waals surface area contributed by atoms with Crippen molar-refractivity contribution in [3.05, 3.63) is 29.8 Å². The molecule has 0 spiro atoms. The first-order valence-corrected chi connectivity index (χ1v) is 7.67. The summed E-state index contributed by atoms with van der Waals surface area (Å²) in [4.78, 5) is 22.3. The van der Waals surface area contributed by atoms with Crippen LogP contribution in [0.5, 0.6) is 5.75 Å². The van der Waals surface area contributed by atoms with Crippen LogP contribution in [0.2, 0.25) is 0 Å². The first-order chi connectivity index (χ1) is 10.1. The first-order valence-electron chi connectivity index (χ1n) is 7.67. The lowest BCUT2D eigenvalue weighted by Gasteiger charge is -2.05. The molecule has 4 nitrogen and oxygen atoms in total. The molecule has 5 heteroatoms. The number of benzene rings is 1. The molecular formula is C17H25ClO4. The van der Waals surface area contributed by atoms with E-state index in [0.717, 1.165) is 12.8 Å². The number of hydrogen-bond acceptors (Lipinski definition) is 3. The van der Waals surface area contributed by atoms with Crippen molar-refractivity contribution in [2.75, 3.05) is 0 Å². The van der Waals surface area contributed by atoms with Crippen molar-refractivity contribution in [3.63, 3.8) is 0 Å². The topological polar surface area (TPSA) is 63.6 Å². The van der Waals surface area contributed by atoms with E-state index in [1.807, 2.05) is 0 Å². The highest BCUT2D eigenvalue weighted by molar-refractivity contribution is 5.87. The van der Waals surface area contributed by atoms with E-state index in [1.54, 1.807) is 0 Å². The van der Waals surface area contributed by atoms with Gasteiger partial charge < -0.3 is 9.84 Å². The minimum Gasteiger partial charge on any atom is -0.478 e. The number of rotatable bonds is 10. The van der Waals surface area contributed by atoms with Crippen LogP contribution in [-0.4, -0.2) is 17.0 Å². The SMILES string of the molecule is CCCCCCCCCC(=O)Oc1ccc(C(=O)O)cc1.Cl. The average Bonchev–Trinajstić information content (AvgIpc) is 2.47. The molecule has 0 atom stereocenters. The second-order valence-corrected chi connectivity index (χ2v) is 5.17. The first kappa shape index (κ1) is 20.5. The Morgan fingerprint density at radius 2 is 1.50 bits per heavy atom. The van der Waals surface area contributed by atoms with E-state index >= 15 is 0 Å². The molecular weight excluding hydrogens is 304 g/mol. The van der Waals surface area contributed by atoms with E-state index in [-0.39, 0.29) is 23.9 Å². The smallest absolute Gasteiger partial charge is 0.335 e. The summed E-state index contributed by atoms with van der Waals surface area (Å²) in [5.41, 5.74) is 0.182. The second kappa shape index (κ2) is 12.0. The van der Waals surface area contributed by atoms with Gasteiger partial charge in [0, 0.05) is 6.42 Å². The third-order valence-corrected chi connectivity index (χ3v) is 3.32. The number of carboxylic acid groups (broad SMARTS) is 1. The largest absolute Gasteiger partial charge is 0.478 e. The number of unbranched alkanes of at least 4 members (excludes halogenated alkanes) is 6. The number of carbonyl (C=O) groups excluding carboxylic acids is 1. The maximum atomic E-state index is 11.6. The zero-order chi connectivity index (χ0) is 15.5. The van der Waals surface area contributed by atoms with Gasteiger partial charge in [-0.3, -0.25) is 4.79 Å². The normalized spacial score (nSPS) is 9.86. The predicted molar refractivity (Wildman–Crippen MR) is 88.9 cm³/mol. The Kier molecular flexibility index (Phi) is 11.2. The van der Waals surface area contributed by atoms with Crippen molar-refractivity contribution >= 4 is 24.3 Å². The van der Waals surface area contributed by atoms with E-state index in [0.29, 0.717) is 12.2 Å². The van der Waals surface area contributed by atoms with Crippen LogP contribution in [0.25, 0.3) is 0 Å². The van der Waals surface area contributed by atoms with Crippen molar-refractivity contribution in [2.24, 2.45) is 0 Å². The van der Waals surface area contributed by atoms with Gasteiger partial charge >= 0.3 is 11.9 Å². The van der Waals surface area contributed by atoms with Gasteiger partial charge in [0.05, 0.1) is 5.56 Å². The third kappa shape index (κ3) is 8.67. The molecule has 0 fully saturated rings. The molecule has 0 saturated carbocycles. The van der Waals surface area contributed by atoms with Gasteiger partial charge in [-0.05, 0) is 30.7 Å². The Bertz CT molecular complexity index is 442. The van der Waals surface area contributed by atoms with Crippen molar-refractivity contribution in [2.45, 2.75) is 58.3 Å². The molecule has 1 N–H and O–H groups in total. The van der Waals surface area contributed by atoms with Crippen LogP contribution in [0.4, 0.5) is 0 Å². The van der Waals surface area contributed by atoms with E-state index in [4.69, 9.17) is 9.84 Å². The fourth-order valence-corrected chi connectivity index (χ4v) is 2.07. The summed E-state index contributed by atoms with van der Waals surface area (Å²) in [6.45, 7) is 2.19. The number of hydrogen-bond donors (Lipinski definition) is 1. The lowest BCUT2D eigenvalue weighted by molar-refractivity contribution is -0.134. The number of carbonyl (C=O) groups is 2. The Labute approximate surface area is 138 Å². The molecule has 1 rings (SSSR count). The third-order valence-electron chi connectivity index (χ3n) is 3.32. The number of carboxylic acids is 1. The van der Waals surface area contributed by atoms with Crippen LogP contribution in [0.1, 0.15) is 68.6 Å². The van der Waals surface area contributed by atoms with Gasteiger partial charge in [-0.1, -0.05) is 45.4 Å². The van der Waals surface area contributed by atoms with Crippen LogP contribution in [-0.2, 0) is 4.79 Å². The minimum atomic E-state index is -0.990. The lowest BCUT2D eigenvalue weighted by atomic mass is 10.1. The Balaban J connectivity index is 0.00000441. The molecule has 0 aliphatic rings. The fourth-order valence-electron chi connectivity index (χ4n) is 2.07. The number of esters is 1.